The molecule has 5 rings (SSSR count). The van der Waals surface area contributed by atoms with E-state index in [0.29, 0.717) is 17.5 Å². The van der Waals surface area contributed by atoms with Gasteiger partial charge in [-0.25, -0.2) is 0 Å². The van der Waals surface area contributed by atoms with Crippen molar-refractivity contribution in [2.75, 3.05) is 26.2 Å². The number of nitrogens with zero attached hydrogens (tertiary/aromatic N) is 3. The van der Waals surface area contributed by atoms with E-state index in [1.165, 1.54) is 29.8 Å². The van der Waals surface area contributed by atoms with Crippen molar-refractivity contribution in [3.05, 3.63) is 63.9 Å². The van der Waals surface area contributed by atoms with E-state index in [1.54, 1.807) is 0 Å². The van der Waals surface area contributed by atoms with E-state index in [4.69, 9.17) is 16.6 Å². The number of aryl methyl sites for hydroxylation is 2. The molecule has 2 aliphatic heterocycles. The smallest absolute Gasteiger partial charge is 0.227 e. The number of benzene rings is 1. The Labute approximate surface area is 220 Å². The molecule has 0 spiro atoms. The van der Waals surface area contributed by atoms with Crippen molar-refractivity contribution in [2.45, 2.75) is 56.9 Å². The Morgan fingerprint density at radius 1 is 1.03 bits per heavy atom. The van der Waals surface area contributed by atoms with Crippen LogP contribution in [0.5, 0.6) is 0 Å². The number of carbonyl (C=O) groups is 2. The average Bonchev–Trinajstić information content (AvgIpc) is 3.33. The van der Waals surface area contributed by atoms with Gasteiger partial charge in [-0.15, -0.1) is 0 Å². The molecule has 1 aliphatic carbocycles. The van der Waals surface area contributed by atoms with Gasteiger partial charge in [0, 0.05) is 71.1 Å². The molecule has 0 radical (unpaired) electrons. The molecule has 1 aromatic heterocycles. The van der Waals surface area contributed by atoms with E-state index in [-0.39, 0.29) is 21.7 Å². The first-order valence-electron chi connectivity index (χ1n) is 12.5. The highest BCUT2D eigenvalue weighted by molar-refractivity contribution is 14.1. The van der Waals surface area contributed by atoms with Gasteiger partial charge in [0.2, 0.25) is 9.70 Å². The predicted molar refractivity (Wildman–Crippen MR) is 142 cm³/mol. The molecule has 0 bridgehead atoms. The third kappa shape index (κ3) is 5.19. The maximum Gasteiger partial charge on any atom is 0.227 e. The molecular formula is C27H31ClIN3O2. The fourth-order valence-corrected chi connectivity index (χ4v) is 6.82. The fourth-order valence-electron chi connectivity index (χ4n) is 5.87. The van der Waals surface area contributed by atoms with Gasteiger partial charge in [-0.3, -0.25) is 19.5 Å². The Morgan fingerprint density at radius 2 is 1.82 bits per heavy atom. The van der Waals surface area contributed by atoms with Crippen molar-refractivity contribution in [2.24, 2.45) is 5.92 Å². The summed E-state index contributed by atoms with van der Waals surface area (Å²) < 4.78 is 0.0614. The molecular weight excluding hydrogens is 561 g/mol. The molecule has 180 valence electrons. The summed E-state index contributed by atoms with van der Waals surface area (Å²) in [6.45, 7) is 2.96. The highest BCUT2D eigenvalue weighted by atomic mass is 127. The molecule has 2 atom stereocenters. The zero-order valence-electron chi connectivity index (χ0n) is 19.4. The van der Waals surface area contributed by atoms with Crippen LogP contribution in [0, 0.1) is 5.92 Å². The van der Waals surface area contributed by atoms with Crippen molar-refractivity contribution in [1.82, 2.24) is 14.8 Å². The Hall–Kier alpha value is -1.51. The van der Waals surface area contributed by atoms with E-state index in [1.807, 2.05) is 51.8 Å². The van der Waals surface area contributed by atoms with E-state index in [2.05, 4.69) is 17.0 Å². The van der Waals surface area contributed by atoms with Crippen molar-refractivity contribution in [3.63, 3.8) is 0 Å². The lowest BCUT2D eigenvalue weighted by molar-refractivity contribution is -0.136. The number of pyridine rings is 1. The van der Waals surface area contributed by atoms with Gasteiger partial charge in [-0.1, -0.05) is 29.8 Å². The maximum absolute atomic E-state index is 13.3. The van der Waals surface area contributed by atoms with Crippen molar-refractivity contribution in [1.29, 1.82) is 0 Å². The Morgan fingerprint density at radius 3 is 2.59 bits per heavy atom. The number of rotatable bonds is 5. The Balaban J connectivity index is 1.19. The number of hydrogen-bond acceptors (Lipinski definition) is 4. The van der Waals surface area contributed by atoms with Crippen LogP contribution in [0.1, 0.15) is 66.6 Å². The number of aromatic nitrogens is 1. The van der Waals surface area contributed by atoms with Crippen molar-refractivity contribution >= 4 is 43.9 Å². The summed E-state index contributed by atoms with van der Waals surface area (Å²) in [7, 11) is 0. The molecule has 7 heteroatoms. The summed E-state index contributed by atoms with van der Waals surface area (Å²) >= 11 is 8.05. The molecule has 2 aromatic rings. The lowest BCUT2D eigenvalue weighted by Gasteiger charge is -2.34. The third-order valence-electron chi connectivity index (χ3n) is 7.74. The number of carbonyl (C=O) groups excluding carboxylic acids is 2. The molecule has 0 saturated carbocycles. The van der Waals surface area contributed by atoms with E-state index >= 15 is 0 Å². The quantitative estimate of drug-likeness (QED) is 0.348. The third-order valence-corrected chi connectivity index (χ3v) is 8.56. The van der Waals surface area contributed by atoms with E-state index in [9.17, 15) is 9.59 Å². The van der Waals surface area contributed by atoms with Gasteiger partial charge in [-0.05, 0) is 74.3 Å². The van der Waals surface area contributed by atoms with Gasteiger partial charge >= 0.3 is 0 Å². The molecule has 0 unspecified atom stereocenters. The normalized spacial score (nSPS) is 22.4. The van der Waals surface area contributed by atoms with Crippen LogP contribution in [0.25, 0.3) is 0 Å². The Kier molecular flexibility index (Phi) is 7.56. The molecule has 3 aliphatic rings. The van der Waals surface area contributed by atoms with Crippen LogP contribution in [0.3, 0.4) is 0 Å². The second-order valence-electron chi connectivity index (χ2n) is 9.89. The molecule has 2 saturated heterocycles. The highest BCUT2D eigenvalue weighted by Gasteiger charge is 2.38. The Bertz CT molecular complexity index is 1070. The summed E-state index contributed by atoms with van der Waals surface area (Å²) in [5, 5.41) is 0.628. The zero-order chi connectivity index (χ0) is 23.7. The van der Waals surface area contributed by atoms with Crippen LogP contribution in [0.4, 0.5) is 0 Å². The minimum atomic E-state index is -0.349. The van der Waals surface area contributed by atoms with Crippen LogP contribution < -0.4 is 0 Å². The minimum Gasteiger partial charge on any atom is -0.342 e. The van der Waals surface area contributed by atoms with Gasteiger partial charge in [0.25, 0.3) is 0 Å². The summed E-state index contributed by atoms with van der Waals surface area (Å²) in [5.41, 5.74) is 4.84. The minimum absolute atomic E-state index is 0.0455. The fraction of sp³-hybridized carbons (Fsp3) is 0.519. The number of likely N-dealkylation sites (tertiary alicyclic amines) is 2. The largest absolute Gasteiger partial charge is 0.342 e. The second kappa shape index (κ2) is 10.6. The van der Waals surface area contributed by atoms with Crippen LogP contribution in [0.2, 0.25) is 5.02 Å². The van der Waals surface area contributed by atoms with E-state index in [0.717, 1.165) is 57.3 Å². The van der Waals surface area contributed by atoms with Crippen molar-refractivity contribution < 1.29 is 9.59 Å². The predicted octanol–water partition coefficient (Wildman–Crippen LogP) is 5.34. The summed E-state index contributed by atoms with van der Waals surface area (Å²) in [6.07, 6.45) is 7.54. The van der Waals surface area contributed by atoms with Gasteiger partial charge in [0.15, 0.2) is 0 Å². The maximum atomic E-state index is 13.3. The zero-order valence-corrected chi connectivity index (χ0v) is 22.3. The number of amides is 1. The van der Waals surface area contributed by atoms with Gasteiger partial charge < -0.3 is 4.90 Å². The topological polar surface area (TPSA) is 53.5 Å². The van der Waals surface area contributed by atoms with Crippen LogP contribution >= 0.6 is 34.2 Å². The molecule has 5 nitrogen and oxygen atoms in total. The lowest BCUT2D eigenvalue weighted by atomic mass is 9.90. The number of hydrogen-bond donors (Lipinski definition) is 0. The number of fused-ring (bicyclic) bond motifs is 1. The molecule has 1 amide bonds. The highest BCUT2D eigenvalue weighted by Crippen LogP contribution is 2.34. The molecule has 0 N–H and O–H groups in total. The molecule has 1 aromatic carbocycles. The second-order valence-corrected chi connectivity index (χ2v) is 11.4. The number of piperidine rings is 1. The van der Waals surface area contributed by atoms with Crippen LogP contribution in [-0.4, -0.2) is 50.7 Å². The first-order valence-corrected chi connectivity index (χ1v) is 13.9. The standard InChI is InChI=1S/C27H31ClIN3O2/c28-22-6-3-5-20(16-22)25(26(29)33)32-15-12-21(17-32)27(34)31-13-10-19(11-14-31)24-9-8-18-4-1-2-7-23(18)30-24/h3,5-6,8-9,16,19,21,25H,1-2,4,7,10-15,17H2/t21-,25+/m1/s1. The monoisotopic (exact) mass is 591 g/mol. The van der Waals surface area contributed by atoms with Gasteiger partial charge in [-0.2, -0.15) is 0 Å². The summed E-state index contributed by atoms with van der Waals surface area (Å²) in [5.74, 6) is 0.640. The first kappa shape index (κ1) is 24.2. The van der Waals surface area contributed by atoms with Gasteiger partial charge in [0.05, 0.1) is 5.92 Å². The lowest BCUT2D eigenvalue weighted by Crippen LogP contribution is -2.42. The van der Waals surface area contributed by atoms with Gasteiger partial charge in [0.1, 0.15) is 6.04 Å². The van der Waals surface area contributed by atoms with Crippen molar-refractivity contribution in [3.8, 4) is 0 Å². The number of halogens is 2. The van der Waals surface area contributed by atoms with Crippen LogP contribution in [-0.2, 0) is 22.4 Å². The van der Waals surface area contributed by atoms with E-state index < -0.39 is 0 Å². The summed E-state index contributed by atoms with van der Waals surface area (Å²) in [6, 6.07) is 11.7. The first-order chi connectivity index (χ1) is 16.5. The average molecular weight is 592 g/mol. The molecule has 34 heavy (non-hydrogen) atoms. The molecule has 2 fully saturated rings. The SMILES string of the molecule is O=C(I)[C@H](c1cccc(Cl)c1)N1CC[C@@H](C(=O)N2CCC(c3ccc4c(n3)CCCC4)CC2)C1. The molecule has 3 heterocycles. The summed E-state index contributed by atoms with van der Waals surface area (Å²) in [4.78, 5) is 35.0. The van der Waals surface area contributed by atoms with Crippen LogP contribution in [0.15, 0.2) is 36.4 Å².